The zero-order chi connectivity index (χ0) is 20.2. The van der Waals surface area contributed by atoms with E-state index in [0.29, 0.717) is 12.0 Å². The summed E-state index contributed by atoms with van der Waals surface area (Å²) in [6, 6.07) is 18.2. The van der Waals surface area contributed by atoms with Gasteiger partial charge in [-0.1, -0.05) is 42.5 Å². The van der Waals surface area contributed by atoms with Gasteiger partial charge >= 0.3 is 0 Å². The van der Waals surface area contributed by atoms with E-state index >= 15 is 0 Å². The molecule has 1 fully saturated rings. The van der Waals surface area contributed by atoms with Gasteiger partial charge in [0.1, 0.15) is 11.6 Å². The van der Waals surface area contributed by atoms with Gasteiger partial charge in [-0.3, -0.25) is 4.79 Å². The number of aliphatic hydroxyl groups is 1. The van der Waals surface area contributed by atoms with E-state index < -0.39 is 5.41 Å². The quantitative estimate of drug-likeness (QED) is 0.715. The van der Waals surface area contributed by atoms with Crippen LogP contribution in [0, 0.1) is 11.6 Å². The maximum Gasteiger partial charge on any atom is 0.238 e. The number of amides is 1. The number of benzene rings is 3. The maximum atomic E-state index is 14.2. The molecular formula is C24H19F2NO2. The van der Waals surface area contributed by atoms with E-state index in [4.69, 9.17) is 0 Å². The third-order valence-electron chi connectivity index (χ3n) is 6.16. The van der Waals surface area contributed by atoms with Gasteiger partial charge in [-0.25, -0.2) is 8.78 Å². The van der Waals surface area contributed by atoms with Gasteiger partial charge in [0.25, 0.3) is 0 Å². The lowest BCUT2D eigenvalue weighted by Gasteiger charge is -2.19. The first kappa shape index (κ1) is 18.0. The normalized spacial score (nSPS) is 22.2. The van der Waals surface area contributed by atoms with Crippen molar-refractivity contribution in [2.75, 3.05) is 4.90 Å². The van der Waals surface area contributed by atoms with Gasteiger partial charge in [-0.15, -0.1) is 0 Å². The second-order valence-electron chi connectivity index (χ2n) is 7.77. The molecule has 3 aromatic carbocycles. The lowest BCUT2D eigenvalue weighted by Crippen LogP contribution is -2.32. The molecule has 3 aromatic rings. The van der Waals surface area contributed by atoms with E-state index in [-0.39, 0.29) is 36.6 Å². The Kier molecular flexibility index (Phi) is 4.03. The summed E-state index contributed by atoms with van der Waals surface area (Å²) < 4.78 is 27.6. The smallest absolute Gasteiger partial charge is 0.238 e. The molecule has 1 spiro atoms. The number of hydrogen-bond acceptors (Lipinski definition) is 2. The van der Waals surface area contributed by atoms with Crippen LogP contribution in [0.25, 0.3) is 0 Å². The number of nitrogens with zero attached hydrogens (tertiary/aromatic N) is 1. The van der Waals surface area contributed by atoms with Crippen molar-refractivity contribution in [2.45, 2.75) is 30.9 Å². The van der Waals surface area contributed by atoms with Crippen LogP contribution in [0.1, 0.15) is 34.6 Å². The van der Waals surface area contributed by atoms with E-state index in [9.17, 15) is 18.7 Å². The first-order valence-corrected chi connectivity index (χ1v) is 9.59. The number of carbonyl (C=O) groups excluding carboxylic acids is 1. The molecule has 3 nitrogen and oxygen atoms in total. The van der Waals surface area contributed by atoms with Crippen LogP contribution in [0.4, 0.5) is 14.5 Å². The van der Waals surface area contributed by atoms with Crippen LogP contribution in [-0.4, -0.2) is 11.0 Å². The fourth-order valence-electron chi connectivity index (χ4n) is 4.59. The molecule has 0 radical (unpaired) electrons. The summed E-state index contributed by atoms with van der Waals surface area (Å²) in [5.41, 5.74) is 2.97. The molecule has 2 atom stereocenters. The molecule has 1 amide bonds. The highest BCUT2D eigenvalue weighted by molar-refractivity contribution is 6.11. The number of fused-ring (bicyclic) bond motifs is 2. The highest BCUT2D eigenvalue weighted by Crippen LogP contribution is 2.66. The second kappa shape index (κ2) is 6.49. The van der Waals surface area contributed by atoms with Crippen LogP contribution >= 0.6 is 0 Å². The highest BCUT2D eigenvalue weighted by Gasteiger charge is 2.67. The molecule has 0 aromatic heterocycles. The summed E-state index contributed by atoms with van der Waals surface area (Å²) in [6.45, 7) is 0.0287. The van der Waals surface area contributed by atoms with E-state index in [0.717, 1.165) is 22.4 Å². The molecule has 1 saturated carbocycles. The van der Waals surface area contributed by atoms with E-state index in [2.05, 4.69) is 0 Å². The van der Waals surface area contributed by atoms with Crippen LogP contribution in [-0.2, 0) is 23.4 Å². The molecule has 1 aliphatic heterocycles. The number of anilines is 1. The number of hydrogen-bond donors (Lipinski definition) is 1. The van der Waals surface area contributed by atoms with Gasteiger partial charge in [0, 0.05) is 17.2 Å². The number of halogens is 2. The molecule has 1 heterocycles. The minimum atomic E-state index is -0.733. The fourth-order valence-corrected chi connectivity index (χ4v) is 4.59. The second-order valence-corrected chi connectivity index (χ2v) is 7.77. The summed E-state index contributed by atoms with van der Waals surface area (Å²) in [4.78, 5) is 15.2. The molecule has 146 valence electrons. The summed E-state index contributed by atoms with van der Waals surface area (Å²) in [7, 11) is 0. The SMILES string of the molecule is O=C1N(Cc2ccccc2F)c2ccc(CO)cc2C12CC2c1ccc(F)cc1. The van der Waals surface area contributed by atoms with Gasteiger partial charge in [0.2, 0.25) is 5.91 Å². The summed E-state index contributed by atoms with van der Waals surface area (Å²) >= 11 is 0. The zero-order valence-electron chi connectivity index (χ0n) is 15.6. The molecule has 29 heavy (non-hydrogen) atoms. The van der Waals surface area contributed by atoms with Crippen molar-refractivity contribution in [3.63, 3.8) is 0 Å². The Hall–Kier alpha value is -3.05. The minimum absolute atomic E-state index is 0.0612. The Bertz CT molecular complexity index is 1110. The van der Waals surface area contributed by atoms with Gasteiger partial charge in [0.05, 0.1) is 18.6 Å². The van der Waals surface area contributed by atoms with Crippen LogP contribution in [0.3, 0.4) is 0 Å². The maximum absolute atomic E-state index is 14.2. The summed E-state index contributed by atoms with van der Waals surface area (Å²) in [5.74, 6) is -0.792. The average Bonchev–Trinajstić information content (AvgIpc) is 3.45. The largest absolute Gasteiger partial charge is 0.392 e. The molecule has 1 aliphatic carbocycles. The Balaban J connectivity index is 1.58. The first-order valence-electron chi connectivity index (χ1n) is 9.59. The standard InChI is InChI=1S/C24H19F2NO2/c25-18-8-6-16(7-9-18)20-12-24(20)19-11-15(14-28)5-10-22(19)27(23(24)29)13-17-3-1-2-4-21(17)26/h1-11,20,28H,12-14H2. The van der Waals surface area contributed by atoms with E-state index in [1.54, 1.807) is 41.3 Å². The number of carbonyl (C=O) groups is 1. The monoisotopic (exact) mass is 391 g/mol. The third kappa shape index (κ3) is 2.69. The predicted octanol–water partition coefficient (Wildman–Crippen LogP) is 4.43. The van der Waals surface area contributed by atoms with Gasteiger partial charge in [-0.05, 0) is 47.4 Å². The molecule has 0 saturated heterocycles. The van der Waals surface area contributed by atoms with Gasteiger partial charge in [0.15, 0.2) is 0 Å². The van der Waals surface area contributed by atoms with Crippen molar-refractivity contribution >= 4 is 11.6 Å². The van der Waals surface area contributed by atoms with Gasteiger partial charge < -0.3 is 10.0 Å². The molecule has 2 unspecified atom stereocenters. The van der Waals surface area contributed by atoms with Crippen LogP contribution in [0.5, 0.6) is 0 Å². The number of rotatable bonds is 4. The molecule has 0 bridgehead atoms. The lowest BCUT2D eigenvalue weighted by molar-refractivity contribution is -0.120. The predicted molar refractivity (Wildman–Crippen MR) is 105 cm³/mol. The van der Waals surface area contributed by atoms with E-state index in [1.807, 2.05) is 12.1 Å². The van der Waals surface area contributed by atoms with Crippen LogP contribution in [0.15, 0.2) is 66.7 Å². The summed E-state index contributed by atoms with van der Waals surface area (Å²) in [5, 5.41) is 9.59. The molecule has 5 rings (SSSR count). The molecule has 5 heteroatoms. The first-order chi connectivity index (χ1) is 14.0. The molecule has 2 aliphatic rings. The van der Waals surface area contributed by atoms with Crippen molar-refractivity contribution in [3.8, 4) is 0 Å². The third-order valence-corrected chi connectivity index (χ3v) is 6.16. The van der Waals surface area contributed by atoms with Crippen LogP contribution < -0.4 is 4.90 Å². The van der Waals surface area contributed by atoms with Crippen molar-refractivity contribution < 1.29 is 18.7 Å². The Morgan fingerprint density at radius 2 is 1.79 bits per heavy atom. The van der Waals surface area contributed by atoms with Crippen LogP contribution in [0.2, 0.25) is 0 Å². The highest BCUT2D eigenvalue weighted by atomic mass is 19.1. The minimum Gasteiger partial charge on any atom is -0.392 e. The van der Waals surface area contributed by atoms with Crippen molar-refractivity contribution in [1.82, 2.24) is 0 Å². The zero-order valence-corrected chi connectivity index (χ0v) is 15.6. The molecule has 1 N–H and O–H groups in total. The van der Waals surface area contributed by atoms with Crippen molar-refractivity contribution in [3.05, 3.63) is 101 Å². The van der Waals surface area contributed by atoms with Gasteiger partial charge in [-0.2, -0.15) is 0 Å². The fraction of sp³-hybridized carbons (Fsp3) is 0.208. The Labute approximate surface area is 167 Å². The molecular weight excluding hydrogens is 372 g/mol. The summed E-state index contributed by atoms with van der Waals surface area (Å²) in [6.07, 6.45) is 0.618. The topological polar surface area (TPSA) is 40.5 Å². The number of aliphatic hydroxyl groups excluding tert-OH is 1. The van der Waals surface area contributed by atoms with Crippen molar-refractivity contribution in [1.29, 1.82) is 0 Å². The average molecular weight is 391 g/mol. The Morgan fingerprint density at radius 3 is 2.52 bits per heavy atom. The lowest BCUT2D eigenvalue weighted by atomic mass is 9.91. The van der Waals surface area contributed by atoms with E-state index in [1.165, 1.54) is 18.2 Å². The van der Waals surface area contributed by atoms with Crippen molar-refractivity contribution in [2.24, 2.45) is 0 Å². The Morgan fingerprint density at radius 1 is 1.03 bits per heavy atom.